The molecule has 4 heterocycles. The number of fused-ring (bicyclic) bond motifs is 3. The normalized spacial score (nSPS) is 13.3. The van der Waals surface area contributed by atoms with Crippen LogP contribution in [-0.2, 0) is 18.3 Å². The summed E-state index contributed by atoms with van der Waals surface area (Å²) in [4.78, 5) is 11.2. The summed E-state index contributed by atoms with van der Waals surface area (Å²) in [6, 6.07) is 33.8. The highest BCUT2D eigenvalue weighted by molar-refractivity contribution is 7.29. The molecule has 4 heteroatoms. The third kappa shape index (κ3) is 6.39. The van der Waals surface area contributed by atoms with Crippen LogP contribution in [0, 0.1) is 13.8 Å². The van der Waals surface area contributed by atoms with E-state index in [9.17, 15) is 0 Å². The number of hydrogen-bond acceptors (Lipinski definition) is 4. The van der Waals surface area contributed by atoms with Crippen molar-refractivity contribution in [3.05, 3.63) is 128 Å². The van der Waals surface area contributed by atoms with Gasteiger partial charge in [-0.25, -0.2) is 0 Å². The number of thiophene rings is 4. The number of unbranched alkanes of at least 4 members (excludes halogenated alkanes) is 6. The molecule has 0 nitrogen and oxygen atoms in total. The molecule has 7 rings (SSSR count). The summed E-state index contributed by atoms with van der Waals surface area (Å²) in [5.74, 6) is 0. The Morgan fingerprint density at radius 1 is 0.447 bits per heavy atom. The van der Waals surface area contributed by atoms with Crippen LogP contribution in [0.2, 0.25) is 0 Å². The lowest BCUT2D eigenvalue weighted by molar-refractivity contribution is 0.666. The minimum atomic E-state index is -0.339. The van der Waals surface area contributed by atoms with Crippen molar-refractivity contribution in [3.63, 3.8) is 0 Å². The van der Waals surface area contributed by atoms with Crippen LogP contribution < -0.4 is 0 Å². The van der Waals surface area contributed by atoms with Gasteiger partial charge < -0.3 is 0 Å². The highest BCUT2D eigenvalue weighted by Gasteiger charge is 2.49. The first-order valence-electron chi connectivity index (χ1n) is 17.6. The van der Waals surface area contributed by atoms with Crippen molar-refractivity contribution in [2.24, 2.45) is 0 Å². The van der Waals surface area contributed by atoms with Crippen molar-refractivity contribution in [2.75, 3.05) is 0 Å². The van der Waals surface area contributed by atoms with Crippen LogP contribution in [-0.4, -0.2) is 0 Å². The SMILES string of the molecule is CCCCCCc1ccc(C2(c3ccc(CCCCCC)cc3)c3cc(-c4ccc(C)s4)sc3-c3sc(-c4ccc(C)s4)cc32)cc1. The Morgan fingerprint density at radius 2 is 0.872 bits per heavy atom. The number of benzene rings is 2. The molecule has 0 saturated carbocycles. The van der Waals surface area contributed by atoms with Crippen molar-refractivity contribution < 1.29 is 0 Å². The first-order chi connectivity index (χ1) is 23.0. The molecule has 0 bridgehead atoms. The number of rotatable bonds is 14. The standard InChI is InChI=1S/C43H46S4/c1-5-7-9-11-13-31-17-21-33(22-18-31)43(34-23-19-32(20-24-34)14-12-10-8-6-2)35-27-39(37-25-15-29(3)44-37)46-41(35)42-36(43)28-40(47-42)38-26-16-30(4)45-38/h15-28H,5-14H2,1-4H3. The molecule has 0 amide bonds. The Balaban J connectivity index is 1.39. The minimum absolute atomic E-state index is 0.339. The maximum Gasteiger partial charge on any atom is 0.0730 e. The molecule has 0 radical (unpaired) electrons. The second kappa shape index (κ2) is 14.4. The predicted molar refractivity (Wildman–Crippen MR) is 211 cm³/mol. The molecule has 242 valence electrons. The van der Waals surface area contributed by atoms with Crippen LogP contribution >= 0.6 is 45.3 Å². The van der Waals surface area contributed by atoms with Crippen LogP contribution in [0.1, 0.15) is 108 Å². The fourth-order valence-electron chi connectivity index (χ4n) is 7.34. The van der Waals surface area contributed by atoms with E-state index in [0.29, 0.717) is 0 Å². The van der Waals surface area contributed by atoms with Gasteiger partial charge in [0.2, 0.25) is 0 Å². The minimum Gasteiger partial charge on any atom is -0.140 e. The predicted octanol–water partition coefficient (Wildman–Crippen LogP) is 14.5. The average molecular weight is 691 g/mol. The van der Waals surface area contributed by atoms with Gasteiger partial charge in [-0.1, -0.05) is 101 Å². The lowest BCUT2D eigenvalue weighted by Crippen LogP contribution is -2.28. The number of aryl methyl sites for hydroxylation is 4. The average Bonchev–Trinajstić information content (AvgIpc) is 3.91. The first-order valence-corrected chi connectivity index (χ1v) is 20.9. The Hall–Kier alpha value is -2.76. The van der Waals surface area contributed by atoms with Gasteiger partial charge in [0.05, 0.1) is 15.2 Å². The summed E-state index contributed by atoms with van der Waals surface area (Å²) >= 11 is 7.83. The van der Waals surface area contributed by atoms with Gasteiger partial charge in [-0.05, 0) is 109 Å². The second-order valence-electron chi connectivity index (χ2n) is 13.3. The Bertz CT molecular complexity index is 1780. The lowest BCUT2D eigenvalue weighted by atomic mass is 9.68. The molecule has 4 aromatic heterocycles. The molecular weight excluding hydrogens is 645 g/mol. The maximum absolute atomic E-state index is 2.55. The van der Waals surface area contributed by atoms with Gasteiger partial charge in [-0.15, -0.1) is 45.3 Å². The van der Waals surface area contributed by atoms with Crippen LogP contribution in [0.3, 0.4) is 0 Å². The first kappa shape index (κ1) is 32.8. The summed E-state index contributed by atoms with van der Waals surface area (Å²) in [7, 11) is 0. The second-order valence-corrected chi connectivity index (χ2v) is 18.0. The van der Waals surface area contributed by atoms with Gasteiger partial charge in [0.15, 0.2) is 0 Å². The van der Waals surface area contributed by atoms with E-state index in [-0.39, 0.29) is 5.41 Å². The molecule has 47 heavy (non-hydrogen) atoms. The van der Waals surface area contributed by atoms with E-state index in [1.165, 1.54) is 124 Å². The highest BCUT2D eigenvalue weighted by Crippen LogP contribution is 2.63. The largest absolute Gasteiger partial charge is 0.140 e. The van der Waals surface area contributed by atoms with Gasteiger partial charge in [0.25, 0.3) is 0 Å². The number of hydrogen-bond donors (Lipinski definition) is 0. The van der Waals surface area contributed by atoms with Crippen LogP contribution in [0.4, 0.5) is 0 Å². The molecule has 0 aliphatic heterocycles. The fourth-order valence-corrected chi connectivity index (χ4v) is 11.8. The smallest absolute Gasteiger partial charge is 0.0730 e. The molecule has 0 N–H and O–H groups in total. The third-order valence-corrected chi connectivity index (χ3v) is 14.7. The quantitative estimate of drug-likeness (QED) is 0.0997. The fraction of sp³-hybridized carbons (Fsp3) is 0.349. The Morgan fingerprint density at radius 3 is 1.23 bits per heavy atom. The van der Waals surface area contributed by atoms with Crippen molar-refractivity contribution in [1.82, 2.24) is 0 Å². The van der Waals surface area contributed by atoms with Crippen molar-refractivity contribution in [2.45, 2.75) is 97.3 Å². The van der Waals surface area contributed by atoms with Gasteiger partial charge in [-0.2, -0.15) is 0 Å². The molecule has 0 spiro atoms. The third-order valence-electron chi connectivity index (χ3n) is 9.86. The Labute approximate surface area is 298 Å². The van der Waals surface area contributed by atoms with Gasteiger partial charge in [-0.3, -0.25) is 0 Å². The zero-order valence-electron chi connectivity index (χ0n) is 28.3. The van der Waals surface area contributed by atoms with Crippen molar-refractivity contribution in [1.29, 1.82) is 0 Å². The van der Waals surface area contributed by atoms with E-state index in [4.69, 9.17) is 0 Å². The van der Waals surface area contributed by atoms with E-state index >= 15 is 0 Å². The van der Waals surface area contributed by atoms with Crippen LogP contribution in [0.25, 0.3) is 29.3 Å². The van der Waals surface area contributed by atoms with Crippen molar-refractivity contribution >= 4 is 45.3 Å². The zero-order chi connectivity index (χ0) is 32.4. The topological polar surface area (TPSA) is 0 Å². The summed E-state index contributed by atoms with van der Waals surface area (Å²) in [5, 5.41) is 0. The monoisotopic (exact) mass is 690 g/mol. The summed E-state index contributed by atoms with van der Waals surface area (Å²) < 4.78 is 0. The molecule has 6 aromatic rings. The lowest BCUT2D eigenvalue weighted by Gasteiger charge is -2.33. The molecule has 0 atom stereocenters. The van der Waals surface area contributed by atoms with Gasteiger partial charge in [0, 0.05) is 29.3 Å². The molecule has 0 unspecified atom stereocenters. The molecule has 0 fully saturated rings. The molecule has 1 aliphatic carbocycles. The highest BCUT2D eigenvalue weighted by atomic mass is 32.1. The molecular formula is C43H46S4. The molecule has 2 aromatic carbocycles. The summed E-state index contributed by atoms with van der Waals surface area (Å²) in [6.07, 6.45) is 12.7. The zero-order valence-corrected chi connectivity index (χ0v) is 31.6. The van der Waals surface area contributed by atoms with E-state index in [1.807, 2.05) is 45.3 Å². The van der Waals surface area contributed by atoms with E-state index < -0.39 is 0 Å². The van der Waals surface area contributed by atoms with Crippen molar-refractivity contribution in [3.8, 4) is 29.3 Å². The van der Waals surface area contributed by atoms with Crippen LogP contribution in [0.15, 0.2) is 84.9 Å². The summed E-state index contributed by atoms with van der Waals surface area (Å²) in [5.41, 5.74) is 8.29. The maximum atomic E-state index is 2.55. The molecule has 0 saturated heterocycles. The van der Waals surface area contributed by atoms with E-state index in [0.717, 1.165) is 12.8 Å². The van der Waals surface area contributed by atoms with E-state index in [2.05, 4.69) is 113 Å². The molecule has 1 aliphatic rings. The Kier molecular flexibility index (Phi) is 10.0. The summed E-state index contributed by atoms with van der Waals surface area (Å²) in [6.45, 7) is 9.03. The van der Waals surface area contributed by atoms with Gasteiger partial charge >= 0.3 is 0 Å². The van der Waals surface area contributed by atoms with Gasteiger partial charge in [0.1, 0.15) is 0 Å². The van der Waals surface area contributed by atoms with E-state index in [1.54, 1.807) is 0 Å². The van der Waals surface area contributed by atoms with Crippen LogP contribution in [0.5, 0.6) is 0 Å².